The zero-order chi connectivity index (χ0) is 23.1. The Morgan fingerprint density at radius 2 is 1.73 bits per heavy atom. The van der Waals surface area contributed by atoms with Crippen LogP contribution in [0.2, 0.25) is 0 Å². The van der Waals surface area contributed by atoms with E-state index < -0.39 is 22.5 Å². The first-order chi connectivity index (χ1) is 15.4. The van der Waals surface area contributed by atoms with Crippen LogP contribution in [0.1, 0.15) is 32.3 Å². The molecule has 0 aromatic heterocycles. The maximum absolute atomic E-state index is 13.5. The number of amides is 1. The number of hydrogen-bond donors (Lipinski definition) is 2. The Hall–Kier alpha value is -2.33. The largest absolute Gasteiger partial charge is 0.492 e. The first-order valence-corrected chi connectivity index (χ1v) is 12.3. The van der Waals surface area contributed by atoms with Crippen molar-refractivity contribution in [3.63, 3.8) is 0 Å². The standard InChI is InChI=1S/C23H31N3O5S.ClH/c1-3-25(4-2)20-13-11-18(12-14-20)15-26(16-23(27)24-28)32(29,30)22-8-6-5-7-21(22)31-17-19-9-10-19;/h5-8,11-14,19,28H,3-4,9-10,15-17H2,1-2H3,(H,24,27);1H. The minimum atomic E-state index is -4.07. The molecule has 10 heteroatoms. The van der Waals surface area contributed by atoms with Crippen molar-refractivity contribution in [1.29, 1.82) is 0 Å². The summed E-state index contributed by atoms with van der Waals surface area (Å²) in [6, 6.07) is 14.0. The average molecular weight is 498 g/mol. The number of benzene rings is 2. The molecule has 0 radical (unpaired) electrons. The Morgan fingerprint density at radius 1 is 1.09 bits per heavy atom. The van der Waals surface area contributed by atoms with Crippen molar-refractivity contribution in [3.05, 3.63) is 54.1 Å². The summed E-state index contributed by atoms with van der Waals surface area (Å²) in [5, 5.41) is 8.99. The lowest BCUT2D eigenvalue weighted by atomic mass is 10.2. The molecule has 0 bridgehead atoms. The highest BCUT2D eigenvalue weighted by atomic mass is 35.5. The van der Waals surface area contributed by atoms with Gasteiger partial charge in [0, 0.05) is 25.3 Å². The molecule has 3 rings (SSSR count). The maximum Gasteiger partial charge on any atom is 0.258 e. The topological polar surface area (TPSA) is 99.2 Å². The monoisotopic (exact) mass is 497 g/mol. The molecule has 1 amide bonds. The minimum Gasteiger partial charge on any atom is -0.492 e. The van der Waals surface area contributed by atoms with Crippen LogP contribution >= 0.6 is 12.4 Å². The van der Waals surface area contributed by atoms with Gasteiger partial charge in [0.2, 0.25) is 10.0 Å². The lowest BCUT2D eigenvalue weighted by molar-refractivity contribution is -0.129. The van der Waals surface area contributed by atoms with E-state index in [1.54, 1.807) is 18.2 Å². The summed E-state index contributed by atoms with van der Waals surface area (Å²) in [7, 11) is -4.07. The minimum absolute atomic E-state index is 0. The molecule has 0 saturated heterocycles. The van der Waals surface area contributed by atoms with E-state index in [0.717, 1.165) is 41.5 Å². The number of hydroxylamine groups is 1. The second kappa shape index (κ2) is 12.2. The number of para-hydroxylation sites is 1. The van der Waals surface area contributed by atoms with Gasteiger partial charge in [0.15, 0.2) is 0 Å². The second-order valence-corrected chi connectivity index (χ2v) is 9.75. The van der Waals surface area contributed by atoms with Gasteiger partial charge in [-0.25, -0.2) is 13.9 Å². The fraction of sp³-hybridized carbons (Fsp3) is 0.435. The Balaban J connectivity index is 0.00000385. The van der Waals surface area contributed by atoms with Crippen LogP contribution in [-0.2, 0) is 21.4 Å². The highest BCUT2D eigenvalue weighted by molar-refractivity contribution is 7.89. The highest BCUT2D eigenvalue weighted by Gasteiger charge is 2.30. The molecule has 33 heavy (non-hydrogen) atoms. The van der Waals surface area contributed by atoms with Crippen molar-refractivity contribution in [2.75, 3.05) is 31.1 Å². The van der Waals surface area contributed by atoms with Crippen LogP contribution in [0.3, 0.4) is 0 Å². The van der Waals surface area contributed by atoms with Gasteiger partial charge in [-0.1, -0.05) is 24.3 Å². The SMILES string of the molecule is CCN(CC)c1ccc(CN(CC(=O)NO)S(=O)(=O)c2ccccc2OCC2CC2)cc1.Cl. The fourth-order valence-corrected chi connectivity index (χ4v) is 4.96. The number of carbonyl (C=O) groups is 1. The van der Waals surface area contributed by atoms with E-state index in [1.165, 1.54) is 11.5 Å². The molecule has 1 fully saturated rings. The zero-order valence-corrected chi connectivity index (χ0v) is 20.6. The number of sulfonamides is 1. The van der Waals surface area contributed by atoms with E-state index in [0.29, 0.717) is 12.5 Å². The molecule has 8 nitrogen and oxygen atoms in total. The predicted molar refractivity (Wildman–Crippen MR) is 129 cm³/mol. The van der Waals surface area contributed by atoms with Crippen molar-refractivity contribution in [3.8, 4) is 5.75 Å². The van der Waals surface area contributed by atoms with Gasteiger partial charge in [-0.05, 0) is 62.4 Å². The number of hydrogen-bond acceptors (Lipinski definition) is 6. The van der Waals surface area contributed by atoms with E-state index in [9.17, 15) is 13.2 Å². The molecule has 2 aromatic carbocycles. The summed E-state index contributed by atoms with van der Waals surface area (Å²) in [6.07, 6.45) is 2.17. The van der Waals surface area contributed by atoms with Crippen LogP contribution in [0.5, 0.6) is 5.75 Å². The van der Waals surface area contributed by atoms with Gasteiger partial charge in [-0.3, -0.25) is 10.0 Å². The van der Waals surface area contributed by atoms with E-state index in [-0.39, 0.29) is 29.6 Å². The van der Waals surface area contributed by atoms with Gasteiger partial charge >= 0.3 is 0 Å². The zero-order valence-electron chi connectivity index (χ0n) is 18.9. The van der Waals surface area contributed by atoms with Crippen LogP contribution in [0.25, 0.3) is 0 Å². The quantitative estimate of drug-likeness (QED) is 0.344. The Labute approximate surface area is 202 Å². The molecule has 0 heterocycles. The molecule has 2 N–H and O–H groups in total. The third-order valence-corrected chi connectivity index (χ3v) is 7.34. The predicted octanol–water partition coefficient (Wildman–Crippen LogP) is 3.44. The molecule has 0 aliphatic heterocycles. The fourth-order valence-electron chi connectivity index (χ4n) is 3.44. The van der Waals surface area contributed by atoms with Crippen LogP contribution in [-0.4, -0.2) is 50.1 Å². The Kier molecular flexibility index (Phi) is 9.97. The van der Waals surface area contributed by atoms with E-state index in [4.69, 9.17) is 9.94 Å². The number of rotatable bonds is 12. The molecule has 2 aromatic rings. The molecule has 0 atom stereocenters. The van der Waals surface area contributed by atoms with E-state index in [2.05, 4.69) is 18.7 Å². The van der Waals surface area contributed by atoms with Crippen molar-refractivity contribution in [2.24, 2.45) is 5.92 Å². The molecule has 1 aliphatic carbocycles. The first kappa shape index (κ1) is 26.9. The normalized spacial score (nSPS) is 13.3. The number of nitrogens with zero attached hydrogens (tertiary/aromatic N) is 2. The van der Waals surface area contributed by atoms with Crippen LogP contribution in [0.15, 0.2) is 53.4 Å². The van der Waals surface area contributed by atoms with Crippen LogP contribution in [0.4, 0.5) is 5.69 Å². The Bertz CT molecular complexity index is 1010. The molecular formula is C23H32ClN3O5S. The second-order valence-electron chi connectivity index (χ2n) is 7.85. The summed E-state index contributed by atoms with van der Waals surface area (Å²) in [5.41, 5.74) is 3.29. The van der Waals surface area contributed by atoms with E-state index >= 15 is 0 Å². The maximum atomic E-state index is 13.5. The lowest BCUT2D eigenvalue weighted by Gasteiger charge is -2.24. The van der Waals surface area contributed by atoms with Gasteiger partial charge in [-0.2, -0.15) is 4.31 Å². The number of carbonyl (C=O) groups excluding carboxylic acids is 1. The number of halogens is 1. The summed E-state index contributed by atoms with van der Waals surface area (Å²) in [4.78, 5) is 14.1. The van der Waals surface area contributed by atoms with Gasteiger partial charge in [-0.15, -0.1) is 12.4 Å². The third kappa shape index (κ3) is 7.07. The van der Waals surface area contributed by atoms with Crippen molar-refractivity contribution in [2.45, 2.75) is 38.1 Å². The summed E-state index contributed by atoms with van der Waals surface area (Å²) in [6.45, 7) is 5.80. The van der Waals surface area contributed by atoms with Gasteiger partial charge < -0.3 is 9.64 Å². The molecule has 182 valence electrons. The molecule has 0 unspecified atom stereocenters. The summed E-state index contributed by atoms with van der Waals surface area (Å²) >= 11 is 0. The van der Waals surface area contributed by atoms with Gasteiger partial charge in [0.1, 0.15) is 10.6 Å². The number of nitrogens with one attached hydrogen (secondary N) is 1. The van der Waals surface area contributed by atoms with Crippen molar-refractivity contribution >= 4 is 34.0 Å². The van der Waals surface area contributed by atoms with Crippen LogP contribution in [0, 0.1) is 5.92 Å². The van der Waals surface area contributed by atoms with Crippen LogP contribution < -0.4 is 15.1 Å². The van der Waals surface area contributed by atoms with Crippen molar-refractivity contribution < 1.29 is 23.2 Å². The highest BCUT2D eigenvalue weighted by Crippen LogP contribution is 2.32. The van der Waals surface area contributed by atoms with Gasteiger partial charge in [0.05, 0.1) is 13.2 Å². The molecule has 1 saturated carbocycles. The molecule has 1 aliphatic rings. The third-order valence-electron chi connectivity index (χ3n) is 5.51. The Morgan fingerprint density at radius 3 is 2.30 bits per heavy atom. The smallest absolute Gasteiger partial charge is 0.258 e. The summed E-state index contributed by atoms with van der Waals surface area (Å²) < 4.78 is 33.9. The molecular weight excluding hydrogens is 466 g/mol. The lowest BCUT2D eigenvalue weighted by Crippen LogP contribution is -2.39. The van der Waals surface area contributed by atoms with Gasteiger partial charge in [0.25, 0.3) is 5.91 Å². The average Bonchev–Trinajstić information content (AvgIpc) is 3.63. The number of anilines is 1. The summed E-state index contributed by atoms with van der Waals surface area (Å²) in [5.74, 6) is -0.0817. The molecule has 0 spiro atoms. The van der Waals surface area contributed by atoms with Crippen molar-refractivity contribution in [1.82, 2.24) is 9.79 Å². The number of ether oxygens (including phenoxy) is 1. The van der Waals surface area contributed by atoms with E-state index in [1.807, 2.05) is 24.3 Å². The first-order valence-electron chi connectivity index (χ1n) is 10.9.